The minimum Gasteiger partial charge on any atom is -0.494 e. The summed E-state index contributed by atoms with van der Waals surface area (Å²) in [6.45, 7) is 6.64. The zero-order valence-electron chi connectivity index (χ0n) is 22.6. The first kappa shape index (κ1) is 28.7. The fourth-order valence-electron chi connectivity index (χ4n) is 5.16. The number of methoxy groups -OCH3 is 1. The van der Waals surface area contributed by atoms with Gasteiger partial charge in [0.1, 0.15) is 17.0 Å². The summed E-state index contributed by atoms with van der Waals surface area (Å²) in [6, 6.07) is 13.3. The summed E-state index contributed by atoms with van der Waals surface area (Å²) in [4.78, 5) is 20.4. The molecule has 0 bridgehead atoms. The van der Waals surface area contributed by atoms with E-state index in [1.165, 1.54) is 35.3 Å². The predicted octanol–water partition coefficient (Wildman–Crippen LogP) is -0.937. The molecule has 0 spiro atoms. The van der Waals surface area contributed by atoms with Crippen LogP contribution in [-0.4, -0.2) is 92.6 Å². The lowest BCUT2D eigenvalue weighted by atomic mass is 10.0. The summed E-state index contributed by atoms with van der Waals surface area (Å²) in [7, 11) is 0.179. The molecule has 3 heterocycles. The lowest BCUT2D eigenvalue weighted by molar-refractivity contribution is -0.411. The Bertz CT molecular complexity index is 1410. The van der Waals surface area contributed by atoms with Crippen molar-refractivity contribution in [3.8, 4) is 5.75 Å². The third-order valence-corrected chi connectivity index (χ3v) is 10.5. The van der Waals surface area contributed by atoms with Crippen LogP contribution < -0.4 is 46.1 Å². The molecular formula is C26H35IN9O3S+. The van der Waals surface area contributed by atoms with Gasteiger partial charge in [-0.15, -0.1) is 0 Å². The molecule has 0 radical (unpaired) electrons. The summed E-state index contributed by atoms with van der Waals surface area (Å²) >= 11 is 1.29. The Balaban J connectivity index is 1.25. The molecule has 0 aliphatic carbocycles. The number of aromatic nitrogens is 3. The van der Waals surface area contributed by atoms with Gasteiger partial charge >= 0.3 is 22.9 Å². The van der Waals surface area contributed by atoms with Crippen LogP contribution in [0.15, 0.2) is 53.7 Å². The van der Waals surface area contributed by atoms with E-state index in [1.54, 1.807) is 25.3 Å². The van der Waals surface area contributed by atoms with Gasteiger partial charge in [0.15, 0.2) is 0 Å². The summed E-state index contributed by atoms with van der Waals surface area (Å²) in [6.07, 6.45) is 3.68. The van der Waals surface area contributed by atoms with Gasteiger partial charge in [-0.3, -0.25) is 4.90 Å². The van der Waals surface area contributed by atoms with Crippen molar-refractivity contribution in [1.29, 1.82) is 0 Å². The van der Waals surface area contributed by atoms with Crippen molar-refractivity contribution < 1.29 is 36.0 Å². The van der Waals surface area contributed by atoms with Gasteiger partial charge in [-0.05, 0) is 44.2 Å². The van der Waals surface area contributed by atoms with Crippen molar-refractivity contribution in [3.63, 3.8) is 0 Å². The molecule has 2 fully saturated rings. The molecule has 214 valence electrons. The van der Waals surface area contributed by atoms with E-state index in [0.717, 1.165) is 57.8 Å². The molecular weight excluding hydrogens is 645 g/mol. The molecule has 0 saturated carbocycles. The highest BCUT2D eigenvalue weighted by Gasteiger charge is 2.27. The van der Waals surface area contributed by atoms with Gasteiger partial charge in [-0.25, -0.2) is 18.4 Å². The Labute approximate surface area is 249 Å². The third-order valence-electron chi connectivity index (χ3n) is 7.42. The number of para-hydroxylation sites is 1. The van der Waals surface area contributed by atoms with Crippen LogP contribution in [0.5, 0.6) is 5.75 Å². The molecule has 0 atom stereocenters. The number of rotatable bonds is 9. The Morgan fingerprint density at radius 2 is 1.60 bits per heavy atom. The highest BCUT2D eigenvalue weighted by atomic mass is 127. The topological polar surface area (TPSA) is 128 Å². The molecule has 2 saturated heterocycles. The molecule has 12 nitrogen and oxygen atoms in total. The normalized spacial score (nSPS) is 17.5. The van der Waals surface area contributed by atoms with E-state index in [0.29, 0.717) is 29.1 Å². The molecule has 2 aromatic carbocycles. The number of benzene rings is 2. The predicted molar refractivity (Wildman–Crippen MR) is 152 cm³/mol. The fraction of sp³-hybridized carbons (Fsp3) is 0.423. The molecule has 40 heavy (non-hydrogen) atoms. The fourth-order valence-corrected chi connectivity index (χ4v) is 6.69. The molecule has 1 aromatic heterocycles. The highest BCUT2D eigenvalue weighted by Crippen LogP contribution is 2.33. The number of hydrogen-bond acceptors (Lipinski definition) is 11. The first-order valence-electron chi connectivity index (χ1n) is 13.2. The first-order valence-corrected chi connectivity index (χ1v) is 15.8. The van der Waals surface area contributed by atoms with Crippen LogP contribution in [0.3, 0.4) is 0 Å². The maximum absolute atomic E-state index is 12.4. The quantitative estimate of drug-likeness (QED) is 0.192. The molecule has 3 aromatic rings. The average molecular weight is 681 g/mol. The van der Waals surface area contributed by atoms with E-state index in [-0.39, 0.29) is 10.8 Å². The summed E-state index contributed by atoms with van der Waals surface area (Å²) in [5.74, 6) is 1.18. The van der Waals surface area contributed by atoms with Crippen LogP contribution in [-0.2, 0) is 10.0 Å². The molecule has 5 rings (SSSR count). The van der Waals surface area contributed by atoms with Crippen molar-refractivity contribution in [1.82, 2.24) is 27.7 Å². The Kier molecular flexibility index (Phi) is 9.20. The molecule has 14 heteroatoms. The van der Waals surface area contributed by atoms with Crippen molar-refractivity contribution in [2.75, 3.05) is 69.0 Å². The summed E-state index contributed by atoms with van der Waals surface area (Å²) in [5.41, 5.74) is 2.20. The van der Waals surface area contributed by atoms with Gasteiger partial charge in [0.25, 0.3) is 10.0 Å². The van der Waals surface area contributed by atoms with Gasteiger partial charge in [0.05, 0.1) is 18.5 Å². The Hall–Kier alpha value is -2.79. The average Bonchev–Trinajstić information content (AvgIpc) is 2.98. The van der Waals surface area contributed by atoms with Gasteiger partial charge in [-0.2, -0.15) is 4.98 Å². The monoisotopic (exact) mass is 680 g/mol. The van der Waals surface area contributed by atoms with Crippen molar-refractivity contribution >= 4 is 39.0 Å². The van der Waals surface area contributed by atoms with E-state index in [9.17, 15) is 8.42 Å². The highest BCUT2D eigenvalue weighted by molar-refractivity contribution is 7.89. The molecule has 2 aliphatic heterocycles. The number of sulfonamides is 1. The zero-order chi connectivity index (χ0) is 28.1. The van der Waals surface area contributed by atoms with E-state index in [4.69, 9.17) is 4.74 Å². The third kappa shape index (κ3) is 6.74. The van der Waals surface area contributed by atoms with E-state index >= 15 is 0 Å². The lowest BCUT2D eigenvalue weighted by Crippen LogP contribution is -3.42. The van der Waals surface area contributed by atoms with Crippen LogP contribution in [0.25, 0.3) is 0 Å². The number of nitrogens with zero attached hydrogens (tertiary/aromatic N) is 6. The van der Waals surface area contributed by atoms with E-state index < -0.39 is 10.0 Å². The lowest BCUT2D eigenvalue weighted by Gasteiger charge is -2.42. The molecule has 2 aliphatic rings. The molecule has 3 N–H and O–H groups in total. The molecule has 0 unspecified atom stereocenters. The van der Waals surface area contributed by atoms with Gasteiger partial charge in [0, 0.05) is 60.0 Å². The number of piperidine rings is 1. The van der Waals surface area contributed by atoms with Crippen LogP contribution in [0, 0.1) is 0 Å². The van der Waals surface area contributed by atoms with Gasteiger partial charge in [0.2, 0.25) is 11.9 Å². The van der Waals surface area contributed by atoms with Crippen LogP contribution in [0.4, 0.5) is 29.0 Å². The number of halogens is 1. The van der Waals surface area contributed by atoms with Crippen molar-refractivity contribution in [3.05, 3.63) is 48.8 Å². The van der Waals surface area contributed by atoms with E-state index in [1.807, 2.05) is 12.1 Å². The van der Waals surface area contributed by atoms with Crippen molar-refractivity contribution in [2.45, 2.75) is 23.8 Å². The summed E-state index contributed by atoms with van der Waals surface area (Å²) in [5, 5.41) is 6.19. The second-order valence-corrected chi connectivity index (χ2v) is 12.9. The van der Waals surface area contributed by atoms with E-state index in [2.05, 4.69) is 56.3 Å². The number of ether oxygens (including phenoxy) is 1. The largest absolute Gasteiger partial charge is 0.494 e. The van der Waals surface area contributed by atoms with Crippen LogP contribution >= 0.6 is 0 Å². The number of piperazine rings is 1. The second kappa shape index (κ2) is 12.8. The number of anilines is 5. The summed E-state index contributed by atoms with van der Waals surface area (Å²) < 4.78 is 32.8. The standard InChI is InChI=1S/C26H35IN9O3S/c1-34-13-15-36(16-14-34)19-9-11-35(12-10-19)20-7-8-21(23(17-20)39-2)30-25-28-18-29-26(32-25)31-22-5-3-4-6-24(22)40(37,38)33-27/h3-8,17-19,27,33H,9-16H2,1-2H3,(H2,28,29,30,31,32)/q+1. The number of nitrogens with one attached hydrogen (secondary N) is 3. The van der Waals surface area contributed by atoms with Gasteiger partial charge in [-0.1, -0.05) is 12.1 Å². The van der Waals surface area contributed by atoms with Crippen LogP contribution in [0.1, 0.15) is 12.8 Å². The maximum atomic E-state index is 12.4. The maximum Gasteiger partial charge on any atom is 0.384 e. The van der Waals surface area contributed by atoms with Crippen molar-refractivity contribution in [2.24, 2.45) is 0 Å². The minimum absolute atomic E-state index is 0.0972. The first-order chi connectivity index (χ1) is 19.4. The number of hydrogen-bond donors (Lipinski definition) is 3. The van der Waals surface area contributed by atoms with Crippen LogP contribution in [0.2, 0.25) is 0 Å². The second-order valence-electron chi connectivity index (χ2n) is 9.91. The smallest absolute Gasteiger partial charge is 0.384 e. The number of likely N-dealkylation sites (N-methyl/N-ethyl adjacent to an activating group) is 1. The SMILES string of the molecule is COc1cc(N2CCC(N3CCN(C)CC3)CC2)ccc1Nc1ncnc(Nc2ccccc2S(=O)(=O)N[IH+])n1. The Morgan fingerprint density at radius 3 is 2.27 bits per heavy atom. The van der Waals surface area contributed by atoms with Gasteiger partial charge < -0.3 is 25.2 Å². The molecule has 0 amide bonds. The minimum atomic E-state index is -3.66. The Morgan fingerprint density at radius 1 is 0.925 bits per heavy atom. The zero-order valence-corrected chi connectivity index (χ0v) is 25.7.